The van der Waals surface area contributed by atoms with Crippen LogP contribution in [0.3, 0.4) is 0 Å². The fraction of sp³-hybridized carbons (Fsp3) is 0.250. The van der Waals surface area contributed by atoms with Crippen molar-refractivity contribution in [1.82, 2.24) is 9.78 Å². The molecule has 0 saturated heterocycles. The quantitative estimate of drug-likeness (QED) is 0.780. The van der Waals surface area contributed by atoms with Crippen LogP contribution in [0.1, 0.15) is 19.9 Å². The third kappa shape index (κ3) is 3.50. The number of nitrogens with one attached hydrogen (secondary N) is 1. The molecule has 0 radical (unpaired) electrons. The lowest BCUT2D eigenvalue weighted by molar-refractivity contribution is 0.532. The number of hydrogen-bond acceptors (Lipinski definition) is 4. The minimum absolute atomic E-state index is 0.0233. The van der Waals surface area contributed by atoms with Crippen molar-refractivity contribution in [3.05, 3.63) is 34.0 Å². The molecule has 0 amide bonds. The molecule has 0 aliphatic rings. The number of sulfonamides is 1. The third-order valence-electron chi connectivity index (χ3n) is 2.70. The van der Waals surface area contributed by atoms with E-state index in [-0.39, 0.29) is 26.1 Å². The molecule has 0 spiro atoms. The van der Waals surface area contributed by atoms with Crippen LogP contribution in [0, 0.1) is 0 Å². The van der Waals surface area contributed by atoms with Gasteiger partial charge in [0.15, 0.2) is 0 Å². The van der Waals surface area contributed by atoms with E-state index in [1.165, 1.54) is 18.3 Å². The third-order valence-corrected chi connectivity index (χ3v) is 5.48. The number of hydrogen-bond donors (Lipinski definition) is 2. The highest BCUT2D eigenvalue weighted by molar-refractivity contribution is 9.10. The maximum atomic E-state index is 12.4. The van der Waals surface area contributed by atoms with E-state index in [4.69, 9.17) is 17.3 Å². The second-order valence-corrected chi connectivity index (χ2v) is 7.60. The van der Waals surface area contributed by atoms with Crippen molar-refractivity contribution in [2.75, 3.05) is 10.5 Å². The largest absolute Gasteiger partial charge is 0.398 e. The first-order chi connectivity index (χ1) is 9.70. The Bertz CT molecular complexity index is 774. The predicted octanol–water partition coefficient (Wildman–Crippen LogP) is 3.26. The molecule has 114 valence electrons. The van der Waals surface area contributed by atoms with Crippen molar-refractivity contribution in [2.24, 2.45) is 0 Å². The highest BCUT2D eigenvalue weighted by Crippen LogP contribution is 2.32. The first-order valence-corrected chi connectivity index (χ1v) is 8.67. The second-order valence-electron chi connectivity index (χ2n) is 4.72. The fourth-order valence-corrected chi connectivity index (χ4v) is 3.98. The van der Waals surface area contributed by atoms with E-state index in [0.29, 0.717) is 5.69 Å². The summed E-state index contributed by atoms with van der Waals surface area (Å²) in [6, 6.07) is 2.94. The molecule has 0 unspecified atom stereocenters. The van der Waals surface area contributed by atoms with E-state index in [2.05, 4.69) is 25.8 Å². The number of aromatic nitrogens is 2. The number of nitrogens with zero attached hydrogens (tertiary/aromatic N) is 2. The Morgan fingerprint density at radius 1 is 1.43 bits per heavy atom. The summed E-state index contributed by atoms with van der Waals surface area (Å²) >= 11 is 9.04. The summed E-state index contributed by atoms with van der Waals surface area (Å²) in [6.45, 7) is 3.89. The van der Waals surface area contributed by atoms with E-state index >= 15 is 0 Å². The summed E-state index contributed by atoms with van der Waals surface area (Å²) in [5.74, 6) is 0. The van der Waals surface area contributed by atoms with E-state index in [0.717, 1.165) is 0 Å². The normalized spacial score (nSPS) is 11.9. The molecule has 0 aliphatic carbocycles. The Hall–Kier alpha value is -1.25. The van der Waals surface area contributed by atoms with Crippen LogP contribution in [-0.4, -0.2) is 18.2 Å². The zero-order chi connectivity index (χ0) is 15.8. The summed E-state index contributed by atoms with van der Waals surface area (Å²) in [5.41, 5.74) is 6.34. The first-order valence-electron chi connectivity index (χ1n) is 6.02. The molecule has 0 bridgehead atoms. The maximum absolute atomic E-state index is 12.4. The van der Waals surface area contributed by atoms with Gasteiger partial charge >= 0.3 is 0 Å². The van der Waals surface area contributed by atoms with E-state index < -0.39 is 10.0 Å². The van der Waals surface area contributed by atoms with Crippen LogP contribution in [-0.2, 0) is 10.0 Å². The lowest BCUT2D eigenvalue weighted by Gasteiger charge is -2.10. The highest BCUT2D eigenvalue weighted by atomic mass is 79.9. The van der Waals surface area contributed by atoms with Gasteiger partial charge in [0.2, 0.25) is 0 Å². The Labute approximate surface area is 136 Å². The lowest BCUT2D eigenvalue weighted by atomic mass is 10.3. The average Bonchev–Trinajstić information content (AvgIpc) is 2.81. The van der Waals surface area contributed by atoms with Gasteiger partial charge in [0.1, 0.15) is 4.90 Å². The summed E-state index contributed by atoms with van der Waals surface area (Å²) < 4.78 is 29.2. The topological polar surface area (TPSA) is 90.0 Å². The van der Waals surface area contributed by atoms with Gasteiger partial charge in [0, 0.05) is 22.9 Å². The van der Waals surface area contributed by atoms with Gasteiger partial charge in [-0.1, -0.05) is 11.6 Å². The number of anilines is 2. The van der Waals surface area contributed by atoms with Gasteiger partial charge in [-0.25, -0.2) is 8.42 Å². The van der Waals surface area contributed by atoms with Crippen molar-refractivity contribution in [1.29, 1.82) is 0 Å². The van der Waals surface area contributed by atoms with Crippen molar-refractivity contribution < 1.29 is 8.42 Å². The number of nitrogen functional groups attached to an aromatic ring is 1. The molecule has 1 aromatic carbocycles. The second kappa shape index (κ2) is 5.86. The van der Waals surface area contributed by atoms with Crippen molar-refractivity contribution in [2.45, 2.75) is 24.8 Å². The summed E-state index contributed by atoms with van der Waals surface area (Å²) in [5, 5.41) is 4.32. The molecule has 1 aromatic heterocycles. The summed E-state index contributed by atoms with van der Waals surface area (Å²) in [6.07, 6.45) is 3.06. The van der Waals surface area contributed by atoms with Gasteiger partial charge in [0.05, 0.1) is 16.4 Å². The monoisotopic (exact) mass is 392 g/mol. The Kier molecular flexibility index (Phi) is 4.50. The van der Waals surface area contributed by atoms with Crippen LogP contribution in [0.25, 0.3) is 0 Å². The SMILES string of the molecule is CC(C)n1cc(NS(=O)(=O)c2cc(Cl)cc(N)c2Br)cn1. The fourth-order valence-electron chi connectivity index (χ4n) is 1.66. The molecule has 0 aliphatic heterocycles. The molecule has 0 fully saturated rings. The van der Waals surface area contributed by atoms with Gasteiger partial charge in [-0.15, -0.1) is 0 Å². The van der Waals surface area contributed by atoms with Crippen molar-refractivity contribution in [3.63, 3.8) is 0 Å². The minimum atomic E-state index is -3.82. The molecule has 6 nitrogen and oxygen atoms in total. The van der Waals surface area contributed by atoms with Crippen LogP contribution in [0.5, 0.6) is 0 Å². The number of halogens is 2. The van der Waals surface area contributed by atoms with Gasteiger partial charge in [-0.05, 0) is 41.9 Å². The van der Waals surface area contributed by atoms with E-state index in [9.17, 15) is 8.42 Å². The van der Waals surface area contributed by atoms with Gasteiger partial charge < -0.3 is 5.73 Å². The molecule has 2 aromatic rings. The molecule has 2 rings (SSSR count). The summed E-state index contributed by atoms with van der Waals surface area (Å²) in [7, 11) is -3.82. The smallest absolute Gasteiger partial charge is 0.263 e. The molecule has 0 atom stereocenters. The highest BCUT2D eigenvalue weighted by Gasteiger charge is 2.21. The molecular weight excluding hydrogens is 380 g/mol. The van der Waals surface area contributed by atoms with Gasteiger partial charge in [-0.3, -0.25) is 9.40 Å². The molecule has 1 heterocycles. The molecular formula is C12H14BrClN4O2S. The zero-order valence-electron chi connectivity index (χ0n) is 11.3. The minimum Gasteiger partial charge on any atom is -0.398 e. The van der Waals surface area contributed by atoms with Crippen LogP contribution in [0.4, 0.5) is 11.4 Å². The Morgan fingerprint density at radius 3 is 2.67 bits per heavy atom. The zero-order valence-corrected chi connectivity index (χ0v) is 14.5. The van der Waals surface area contributed by atoms with Crippen molar-refractivity contribution in [3.8, 4) is 0 Å². The maximum Gasteiger partial charge on any atom is 0.263 e. The lowest BCUT2D eigenvalue weighted by Crippen LogP contribution is -2.14. The first kappa shape index (κ1) is 16.1. The number of benzene rings is 1. The van der Waals surface area contributed by atoms with Crippen LogP contribution in [0.15, 0.2) is 33.9 Å². The Balaban J connectivity index is 2.38. The van der Waals surface area contributed by atoms with Crippen LogP contribution >= 0.6 is 27.5 Å². The van der Waals surface area contributed by atoms with Gasteiger partial charge in [0.25, 0.3) is 10.0 Å². The molecule has 3 N–H and O–H groups in total. The molecule has 0 saturated carbocycles. The Morgan fingerprint density at radius 2 is 2.10 bits per heavy atom. The van der Waals surface area contributed by atoms with Crippen LogP contribution in [0.2, 0.25) is 5.02 Å². The molecule has 21 heavy (non-hydrogen) atoms. The van der Waals surface area contributed by atoms with E-state index in [1.54, 1.807) is 10.9 Å². The summed E-state index contributed by atoms with van der Waals surface area (Å²) in [4.78, 5) is -0.0233. The van der Waals surface area contributed by atoms with Gasteiger partial charge in [-0.2, -0.15) is 5.10 Å². The number of rotatable bonds is 4. The average molecular weight is 394 g/mol. The van der Waals surface area contributed by atoms with Crippen LogP contribution < -0.4 is 10.5 Å². The van der Waals surface area contributed by atoms with E-state index in [1.807, 2.05) is 13.8 Å². The molecule has 9 heteroatoms. The number of nitrogens with two attached hydrogens (primary N) is 1. The van der Waals surface area contributed by atoms with Crippen molar-refractivity contribution >= 4 is 48.9 Å². The standard InChI is InChI=1S/C12H14BrClN4O2S/c1-7(2)18-6-9(5-16-18)17-21(19,20)11-4-8(14)3-10(15)12(11)13/h3-7,17H,15H2,1-2H3. The predicted molar refractivity (Wildman–Crippen MR) is 87.0 cm³/mol.